The lowest BCUT2D eigenvalue weighted by Gasteiger charge is -2.37. The minimum Gasteiger partial charge on any atom is -0.433 e. The summed E-state index contributed by atoms with van der Waals surface area (Å²) in [5, 5.41) is 11.1. The normalized spacial score (nSPS) is 35.2. The number of esters is 1. The lowest BCUT2D eigenvalue weighted by Crippen LogP contribution is -2.46. The lowest BCUT2D eigenvalue weighted by molar-refractivity contribution is -0.231. The maximum atomic E-state index is 12.5. The lowest BCUT2D eigenvalue weighted by atomic mass is 9.73. The summed E-state index contributed by atoms with van der Waals surface area (Å²) in [5.74, 6) is -2.67. The van der Waals surface area contributed by atoms with E-state index in [1.807, 2.05) is 13.0 Å². The average molecular weight is 363 g/mol. The van der Waals surface area contributed by atoms with Gasteiger partial charge in [-0.15, -0.1) is 0 Å². The molecular formula is C22H34O4. The van der Waals surface area contributed by atoms with E-state index in [9.17, 15) is 14.7 Å². The number of hydrogen-bond donors (Lipinski definition) is 1. The second kappa shape index (κ2) is 7.67. The van der Waals surface area contributed by atoms with Crippen LogP contribution < -0.4 is 0 Å². The van der Waals surface area contributed by atoms with Gasteiger partial charge < -0.3 is 9.84 Å². The average Bonchev–Trinajstić information content (AvgIpc) is 2.96. The molecule has 2 rings (SSSR count). The predicted molar refractivity (Wildman–Crippen MR) is 102 cm³/mol. The number of carbonyl (C=O) groups excluding carboxylic acids is 2. The molecule has 2 aliphatic rings. The number of carbonyl (C=O) groups is 2. The van der Waals surface area contributed by atoms with Crippen molar-refractivity contribution in [1.29, 1.82) is 0 Å². The molecule has 0 aromatic rings. The van der Waals surface area contributed by atoms with Gasteiger partial charge >= 0.3 is 5.97 Å². The van der Waals surface area contributed by atoms with E-state index in [2.05, 4.69) is 33.8 Å². The van der Waals surface area contributed by atoms with Crippen molar-refractivity contribution in [2.24, 2.45) is 29.1 Å². The van der Waals surface area contributed by atoms with Gasteiger partial charge in [-0.25, -0.2) is 0 Å². The summed E-state index contributed by atoms with van der Waals surface area (Å²) in [7, 11) is 0. The van der Waals surface area contributed by atoms with Gasteiger partial charge in [-0.3, -0.25) is 9.59 Å². The molecule has 0 spiro atoms. The molecule has 146 valence electrons. The van der Waals surface area contributed by atoms with Crippen LogP contribution >= 0.6 is 0 Å². The van der Waals surface area contributed by atoms with Crippen LogP contribution in [-0.2, 0) is 14.3 Å². The van der Waals surface area contributed by atoms with Crippen molar-refractivity contribution in [3.05, 3.63) is 23.8 Å². The molecule has 0 radical (unpaired) electrons. The second-order valence-electron chi connectivity index (χ2n) is 9.30. The van der Waals surface area contributed by atoms with Crippen LogP contribution in [0.4, 0.5) is 0 Å². The van der Waals surface area contributed by atoms with Crippen molar-refractivity contribution >= 4 is 11.8 Å². The molecule has 5 unspecified atom stereocenters. The van der Waals surface area contributed by atoms with Crippen LogP contribution in [0.2, 0.25) is 0 Å². The van der Waals surface area contributed by atoms with Crippen LogP contribution in [-0.4, -0.2) is 22.6 Å². The predicted octanol–water partition coefficient (Wildman–Crippen LogP) is 4.43. The molecule has 1 fully saturated rings. The van der Waals surface area contributed by atoms with Crippen LogP contribution in [0.1, 0.15) is 67.2 Å². The fraction of sp³-hybridized carbons (Fsp3) is 0.727. The minimum absolute atomic E-state index is 0.0301. The van der Waals surface area contributed by atoms with Gasteiger partial charge in [0.05, 0.1) is 0 Å². The summed E-state index contributed by atoms with van der Waals surface area (Å²) in [6, 6.07) is 0. The topological polar surface area (TPSA) is 63.6 Å². The van der Waals surface area contributed by atoms with Gasteiger partial charge in [-0.2, -0.15) is 0 Å². The summed E-state index contributed by atoms with van der Waals surface area (Å²) in [5.41, 5.74) is 1.46. The summed E-state index contributed by atoms with van der Waals surface area (Å²) < 4.78 is 5.37. The van der Waals surface area contributed by atoms with Crippen LogP contribution in [0.25, 0.3) is 0 Å². The highest BCUT2D eigenvalue weighted by Crippen LogP contribution is 2.51. The minimum atomic E-state index is -1.56. The van der Waals surface area contributed by atoms with Gasteiger partial charge in [0, 0.05) is 25.2 Å². The molecule has 0 aromatic heterocycles. The molecule has 0 bridgehead atoms. The smallest absolute Gasteiger partial charge is 0.305 e. The van der Waals surface area contributed by atoms with Gasteiger partial charge in [-0.1, -0.05) is 45.4 Å². The molecule has 4 heteroatoms. The zero-order chi connectivity index (χ0) is 19.7. The third-order valence-electron chi connectivity index (χ3n) is 5.88. The molecule has 1 N–H and O–H groups in total. The van der Waals surface area contributed by atoms with Gasteiger partial charge in [0.25, 0.3) is 0 Å². The number of hydrogen-bond acceptors (Lipinski definition) is 4. The third kappa shape index (κ3) is 4.64. The van der Waals surface area contributed by atoms with Gasteiger partial charge in [0.2, 0.25) is 5.79 Å². The quantitative estimate of drug-likeness (QED) is 0.446. The number of aliphatic hydroxyl groups is 1. The number of ether oxygens (including phenoxy) is 1. The fourth-order valence-corrected chi connectivity index (χ4v) is 4.56. The molecular weight excluding hydrogens is 328 g/mol. The Bertz CT molecular complexity index is 610. The van der Waals surface area contributed by atoms with E-state index >= 15 is 0 Å². The standard InChI is InChI=1S/C22H34O4/c1-14(8-7-12-21(4,5)6)17-11-13-22(25,26-16(3)23)20(17)19-15(2)9-10-18(19)24/h8-10,15,17,19-20,25H,7,11-13H2,1-6H3. The highest BCUT2D eigenvalue weighted by atomic mass is 16.7. The summed E-state index contributed by atoms with van der Waals surface area (Å²) in [6.07, 6.45) is 8.89. The highest BCUT2D eigenvalue weighted by molar-refractivity contribution is 5.95. The van der Waals surface area contributed by atoms with E-state index in [0.717, 1.165) is 19.3 Å². The zero-order valence-corrected chi connectivity index (χ0v) is 17.0. The van der Waals surface area contributed by atoms with Crippen LogP contribution in [0.3, 0.4) is 0 Å². The Kier molecular flexibility index (Phi) is 6.17. The van der Waals surface area contributed by atoms with Crippen LogP contribution in [0.5, 0.6) is 0 Å². The maximum Gasteiger partial charge on any atom is 0.305 e. The summed E-state index contributed by atoms with van der Waals surface area (Å²) >= 11 is 0. The fourth-order valence-electron chi connectivity index (χ4n) is 4.56. The Hall–Kier alpha value is -1.42. The van der Waals surface area contributed by atoms with E-state index in [0.29, 0.717) is 6.42 Å². The number of allylic oxidation sites excluding steroid dienone is 4. The Morgan fingerprint density at radius 2 is 2.04 bits per heavy atom. The van der Waals surface area contributed by atoms with Crippen LogP contribution in [0, 0.1) is 29.1 Å². The number of ketones is 1. The molecule has 5 atom stereocenters. The molecule has 0 aliphatic heterocycles. The Labute approximate surface area is 157 Å². The molecule has 2 aliphatic carbocycles. The molecule has 0 aromatic carbocycles. The second-order valence-corrected chi connectivity index (χ2v) is 9.30. The Balaban J connectivity index is 2.28. The first-order chi connectivity index (χ1) is 11.9. The molecule has 0 amide bonds. The maximum absolute atomic E-state index is 12.5. The van der Waals surface area contributed by atoms with Crippen molar-refractivity contribution in [3.63, 3.8) is 0 Å². The molecule has 26 heavy (non-hydrogen) atoms. The van der Waals surface area contributed by atoms with E-state index in [1.54, 1.807) is 6.08 Å². The third-order valence-corrected chi connectivity index (χ3v) is 5.88. The van der Waals surface area contributed by atoms with Crippen molar-refractivity contribution in [1.82, 2.24) is 0 Å². The molecule has 0 saturated heterocycles. The van der Waals surface area contributed by atoms with E-state index in [1.165, 1.54) is 12.5 Å². The summed E-state index contributed by atoms with van der Waals surface area (Å²) in [6.45, 7) is 12.0. The molecule has 4 nitrogen and oxygen atoms in total. The Morgan fingerprint density at radius 1 is 1.38 bits per heavy atom. The van der Waals surface area contributed by atoms with Crippen molar-refractivity contribution in [3.8, 4) is 0 Å². The van der Waals surface area contributed by atoms with Crippen molar-refractivity contribution < 1.29 is 19.4 Å². The highest BCUT2D eigenvalue weighted by Gasteiger charge is 2.56. The molecule has 1 saturated carbocycles. The summed E-state index contributed by atoms with van der Waals surface area (Å²) in [4.78, 5) is 24.1. The Morgan fingerprint density at radius 3 is 2.54 bits per heavy atom. The first-order valence-electron chi connectivity index (χ1n) is 9.75. The van der Waals surface area contributed by atoms with Crippen LogP contribution in [0.15, 0.2) is 23.8 Å². The van der Waals surface area contributed by atoms with Gasteiger partial charge in [-0.05, 0) is 49.5 Å². The zero-order valence-electron chi connectivity index (χ0n) is 17.0. The molecule has 0 heterocycles. The first kappa shape index (κ1) is 20.9. The van der Waals surface area contributed by atoms with E-state index in [-0.39, 0.29) is 29.0 Å². The number of rotatable bonds is 5. The SMILES string of the molecule is CC(=O)OC1(O)CCC(C(C)=CCCC(C)(C)C)C1C1C(=O)C=CC1C. The monoisotopic (exact) mass is 362 g/mol. The van der Waals surface area contributed by atoms with Crippen molar-refractivity contribution in [2.45, 2.75) is 73.0 Å². The van der Waals surface area contributed by atoms with Gasteiger partial charge in [0.15, 0.2) is 5.78 Å². The van der Waals surface area contributed by atoms with Gasteiger partial charge in [0.1, 0.15) is 0 Å². The van der Waals surface area contributed by atoms with E-state index < -0.39 is 17.7 Å². The van der Waals surface area contributed by atoms with Crippen molar-refractivity contribution in [2.75, 3.05) is 0 Å². The van der Waals surface area contributed by atoms with E-state index in [4.69, 9.17) is 4.74 Å². The largest absolute Gasteiger partial charge is 0.433 e. The first-order valence-corrected chi connectivity index (χ1v) is 9.75.